The van der Waals surface area contributed by atoms with E-state index in [0.29, 0.717) is 0 Å². The molecule has 0 spiro atoms. The summed E-state index contributed by atoms with van der Waals surface area (Å²) in [5, 5.41) is 3.54. The highest BCUT2D eigenvalue weighted by molar-refractivity contribution is 5.54. The molecule has 0 bridgehead atoms. The maximum Gasteiger partial charge on any atom is 0.0412 e. The number of nitrogens with one attached hydrogen (secondary N) is 1. The third-order valence-electron chi connectivity index (χ3n) is 4.73. The van der Waals surface area contributed by atoms with E-state index in [1.807, 2.05) is 0 Å². The Balaban J connectivity index is 1.73. The molecule has 1 aromatic carbocycles. The van der Waals surface area contributed by atoms with Crippen LogP contribution in [0.3, 0.4) is 0 Å². The lowest BCUT2D eigenvalue weighted by atomic mass is 9.82. The molecule has 19 heavy (non-hydrogen) atoms. The van der Waals surface area contributed by atoms with Crippen molar-refractivity contribution < 1.29 is 0 Å². The SMILES string of the molecule is CC1CCCC(CN2CCNCc3ccccc32)C1. The topological polar surface area (TPSA) is 15.3 Å². The molecule has 104 valence electrons. The Labute approximate surface area is 117 Å². The van der Waals surface area contributed by atoms with Gasteiger partial charge in [0.15, 0.2) is 0 Å². The minimum atomic E-state index is 0.898. The maximum absolute atomic E-state index is 3.54. The van der Waals surface area contributed by atoms with Crippen molar-refractivity contribution in [3.63, 3.8) is 0 Å². The molecule has 1 fully saturated rings. The molecule has 0 aromatic heterocycles. The highest BCUT2D eigenvalue weighted by atomic mass is 15.2. The monoisotopic (exact) mass is 258 g/mol. The number of hydrogen-bond donors (Lipinski definition) is 1. The first-order chi connectivity index (χ1) is 9.33. The van der Waals surface area contributed by atoms with Crippen molar-refractivity contribution in [2.24, 2.45) is 11.8 Å². The number of benzene rings is 1. The normalized spacial score (nSPS) is 27.7. The second kappa shape index (κ2) is 5.96. The molecule has 1 aromatic rings. The first-order valence-corrected chi connectivity index (χ1v) is 7.86. The van der Waals surface area contributed by atoms with Gasteiger partial charge < -0.3 is 10.2 Å². The van der Waals surface area contributed by atoms with Gasteiger partial charge in [-0.25, -0.2) is 0 Å². The summed E-state index contributed by atoms with van der Waals surface area (Å²) in [4.78, 5) is 2.62. The molecule has 2 heteroatoms. The molecule has 0 radical (unpaired) electrons. The van der Waals surface area contributed by atoms with Gasteiger partial charge in [0.1, 0.15) is 0 Å². The van der Waals surface area contributed by atoms with E-state index in [0.717, 1.165) is 31.5 Å². The lowest BCUT2D eigenvalue weighted by Gasteiger charge is -2.33. The fraction of sp³-hybridized carbons (Fsp3) is 0.647. The summed E-state index contributed by atoms with van der Waals surface area (Å²) in [5.74, 6) is 1.83. The Morgan fingerprint density at radius 3 is 3.05 bits per heavy atom. The molecule has 0 saturated heterocycles. The van der Waals surface area contributed by atoms with E-state index in [9.17, 15) is 0 Å². The van der Waals surface area contributed by atoms with Gasteiger partial charge in [-0.05, 0) is 36.3 Å². The Morgan fingerprint density at radius 1 is 1.26 bits per heavy atom. The third kappa shape index (κ3) is 3.11. The van der Waals surface area contributed by atoms with Crippen LogP contribution in [0.5, 0.6) is 0 Å². The summed E-state index contributed by atoms with van der Waals surface area (Å²) < 4.78 is 0. The fourth-order valence-corrected chi connectivity index (χ4v) is 3.75. The number of rotatable bonds is 2. The van der Waals surface area contributed by atoms with E-state index in [1.54, 1.807) is 0 Å². The standard InChI is InChI=1S/C17H26N2/c1-14-5-4-6-15(11-14)13-19-10-9-18-12-16-7-2-3-8-17(16)19/h2-3,7-8,14-15,18H,4-6,9-13H2,1H3. The number of nitrogens with zero attached hydrogens (tertiary/aromatic N) is 1. The zero-order valence-corrected chi connectivity index (χ0v) is 12.1. The van der Waals surface area contributed by atoms with E-state index in [1.165, 1.54) is 43.5 Å². The van der Waals surface area contributed by atoms with Crippen LogP contribution < -0.4 is 10.2 Å². The van der Waals surface area contributed by atoms with Gasteiger partial charge >= 0.3 is 0 Å². The summed E-state index contributed by atoms with van der Waals surface area (Å²) >= 11 is 0. The van der Waals surface area contributed by atoms with Crippen molar-refractivity contribution in [1.82, 2.24) is 5.32 Å². The van der Waals surface area contributed by atoms with Crippen molar-refractivity contribution in [3.8, 4) is 0 Å². The average Bonchev–Trinajstić information content (AvgIpc) is 2.62. The first-order valence-electron chi connectivity index (χ1n) is 7.86. The highest BCUT2D eigenvalue weighted by Gasteiger charge is 2.23. The maximum atomic E-state index is 3.54. The van der Waals surface area contributed by atoms with Gasteiger partial charge in [0.2, 0.25) is 0 Å². The van der Waals surface area contributed by atoms with Crippen molar-refractivity contribution in [2.45, 2.75) is 39.2 Å². The van der Waals surface area contributed by atoms with Gasteiger partial charge in [-0.15, -0.1) is 0 Å². The van der Waals surface area contributed by atoms with Crippen molar-refractivity contribution in [3.05, 3.63) is 29.8 Å². The van der Waals surface area contributed by atoms with E-state index in [2.05, 4.69) is 41.4 Å². The third-order valence-corrected chi connectivity index (χ3v) is 4.73. The lowest BCUT2D eigenvalue weighted by Crippen LogP contribution is -2.34. The fourth-order valence-electron chi connectivity index (χ4n) is 3.75. The van der Waals surface area contributed by atoms with Crippen LogP contribution in [0.25, 0.3) is 0 Å². The molecule has 2 unspecified atom stereocenters. The number of anilines is 1. The molecule has 1 aliphatic heterocycles. The average molecular weight is 258 g/mol. The van der Waals surface area contributed by atoms with Crippen molar-refractivity contribution >= 4 is 5.69 Å². The first kappa shape index (κ1) is 13.0. The minimum Gasteiger partial charge on any atom is -0.370 e. The van der Waals surface area contributed by atoms with Crippen molar-refractivity contribution in [2.75, 3.05) is 24.5 Å². The number of fused-ring (bicyclic) bond motifs is 1. The van der Waals surface area contributed by atoms with Gasteiger partial charge in [0, 0.05) is 31.9 Å². The molecule has 3 rings (SSSR count). The van der Waals surface area contributed by atoms with E-state index in [-0.39, 0.29) is 0 Å². The molecule has 2 aliphatic rings. The summed E-state index contributed by atoms with van der Waals surface area (Å²) in [6, 6.07) is 8.91. The highest BCUT2D eigenvalue weighted by Crippen LogP contribution is 2.31. The summed E-state index contributed by atoms with van der Waals surface area (Å²) in [6.07, 6.45) is 5.72. The Kier molecular flexibility index (Phi) is 4.07. The van der Waals surface area contributed by atoms with Crippen LogP contribution in [0.15, 0.2) is 24.3 Å². The Morgan fingerprint density at radius 2 is 2.16 bits per heavy atom. The zero-order chi connectivity index (χ0) is 13.1. The zero-order valence-electron chi connectivity index (χ0n) is 12.1. The quantitative estimate of drug-likeness (QED) is 0.874. The van der Waals surface area contributed by atoms with E-state index >= 15 is 0 Å². The molecule has 2 nitrogen and oxygen atoms in total. The molecule has 1 saturated carbocycles. The Bertz CT molecular complexity index is 415. The van der Waals surface area contributed by atoms with Gasteiger partial charge in [0.05, 0.1) is 0 Å². The predicted octanol–water partition coefficient (Wildman–Crippen LogP) is 3.42. The largest absolute Gasteiger partial charge is 0.370 e. The number of hydrogen-bond acceptors (Lipinski definition) is 2. The minimum absolute atomic E-state index is 0.898. The number of para-hydroxylation sites is 1. The van der Waals surface area contributed by atoms with Gasteiger partial charge in [-0.2, -0.15) is 0 Å². The molecule has 1 heterocycles. The molecule has 1 N–H and O–H groups in total. The van der Waals surface area contributed by atoms with Crippen LogP contribution in [0, 0.1) is 11.8 Å². The molecular formula is C17H26N2. The van der Waals surface area contributed by atoms with E-state index < -0.39 is 0 Å². The van der Waals surface area contributed by atoms with Crippen LogP contribution in [0.2, 0.25) is 0 Å². The van der Waals surface area contributed by atoms with Gasteiger partial charge in [0.25, 0.3) is 0 Å². The summed E-state index contributed by atoms with van der Waals surface area (Å²) in [6.45, 7) is 6.96. The smallest absolute Gasteiger partial charge is 0.0412 e. The second-order valence-electron chi connectivity index (χ2n) is 6.39. The molecule has 1 aliphatic carbocycles. The van der Waals surface area contributed by atoms with Crippen LogP contribution >= 0.6 is 0 Å². The second-order valence-corrected chi connectivity index (χ2v) is 6.39. The lowest BCUT2D eigenvalue weighted by molar-refractivity contribution is 0.284. The van der Waals surface area contributed by atoms with Crippen LogP contribution in [-0.2, 0) is 6.54 Å². The van der Waals surface area contributed by atoms with Gasteiger partial charge in [-0.1, -0.05) is 38.0 Å². The van der Waals surface area contributed by atoms with Crippen LogP contribution in [0.4, 0.5) is 5.69 Å². The summed E-state index contributed by atoms with van der Waals surface area (Å²) in [7, 11) is 0. The van der Waals surface area contributed by atoms with Crippen LogP contribution in [-0.4, -0.2) is 19.6 Å². The molecular weight excluding hydrogens is 232 g/mol. The molecule has 2 atom stereocenters. The van der Waals surface area contributed by atoms with Crippen LogP contribution in [0.1, 0.15) is 38.2 Å². The van der Waals surface area contributed by atoms with Crippen molar-refractivity contribution in [1.29, 1.82) is 0 Å². The van der Waals surface area contributed by atoms with E-state index in [4.69, 9.17) is 0 Å². The molecule has 0 amide bonds. The van der Waals surface area contributed by atoms with Gasteiger partial charge in [-0.3, -0.25) is 0 Å². The Hall–Kier alpha value is -1.02. The predicted molar refractivity (Wildman–Crippen MR) is 81.5 cm³/mol. The summed E-state index contributed by atoms with van der Waals surface area (Å²) in [5.41, 5.74) is 2.93.